The number of nitrogens with one attached hydrogen (secondary N) is 2. The number of hydrogen-bond donors (Lipinski definition) is 2. The second kappa shape index (κ2) is 7.21. The first kappa shape index (κ1) is 17.2. The van der Waals surface area contributed by atoms with Gasteiger partial charge in [-0.25, -0.2) is 4.79 Å². The lowest BCUT2D eigenvalue weighted by Crippen LogP contribution is -2.42. The van der Waals surface area contributed by atoms with Crippen LogP contribution in [-0.2, 0) is 23.1 Å². The van der Waals surface area contributed by atoms with Gasteiger partial charge in [-0.05, 0) is 20.8 Å². The zero-order valence-corrected chi connectivity index (χ0v) is 13.3. The first-order valence-electron chi connectivity index (χ1n) is 6.94. The van der Waals surface area contributed by atoms with Crippen molar-refractivity contribution in [3.8, 4) is 0 Å². The highest BCUT2D eigenvalue weighted by molar-refractivity contribution is 5.90. The van der Waals surface area contributed by atoms with Crippen LogP contribution in [0.25, 0.3) is 0 Å². The van der Waals surface area contributed by atoms with Gasteiger partial charge >= 0.3 is 5.97 Å². The average Bonchev–Trinajstić information content (AvgIpc) is 2.79. The van der Waals surface area contributed by atoms with Crippen LogP contribution in [0.4, 0.5) is 0 Å². The molecule has 1 rings (SSSR count). The molecule has 0 unspecified atom stereocenters. The van der Waals surface area contributed by atoms with Crippen molar-refractivity contribution in [2.45, 2.75) is 27.3 Å². The van der Waals surface area contributed by atoms with E-state index in [2.05, 4.69) is 15.7 Å². The van der Waals surface area contributed by atoms with Crippen molar-refractivity contribution < 1.29 is 14.3 Å². The first-order valence-corrected chi connectivity index (χ1v) is 6.94. The number of rotatable bonds is 7. The van der Waals surface area contributed by atoms with E-state index in [9.17, 15) is 9.59 Å². The minimum absolute atomic E-state index is 0.0365. The number of hydrogen-bond acceptors (Lipinski definition) is 5. The van der Waals surface area contributed by atoms with E-state index >= 15 is 0 Å². The maximum Gasteiger partial charge on any atom is 0.341 e. The SMILES string of the molecule is CCOC(=O)c1cnn(C)c1CNCC(C)(C)C(=O)NC. The molecule has 7 nitrogen and oxygen atoms in total. The summed E-state index contributed by atoms with van der Waals surface area (Å²) in [6, 6.07) is 0. The van der Waals surface area contributed by atoms with Gasteiger partial charge in [-0.15, -0.1) is 0 Å². The van der Waals surface area contributed by atoms with Crippen LogP contribution in [-0.4, -0.2) is 41.9 Å². The molecule has 2 N–H and O–H groups in total. The summed E-state index contributed by atoms with van der Waals surface area (Å²) in [4.78, 5) is 23.5. The molecule has 118 valence electrons. The van der Waals surface area contributed by atoms with Crippen LogP contribution in [0.15, 0.2) is 6.20 Å². The summed E-state index contributed by atoms with van der Waals surface area (Å²) >= 11 is 0. The van der Waals surface area contributed by atoms with Crippen LogP contribution in [0.5, 0.6) is 0 Å². The second-order valence-electron chi connectivity index (χ2n) is 5.42. The van der Waals surface area contributed by atoms with Crippen LogP contribution in [0.2, 0.25) is 0 Å². The molecule has 0 aliphatic carbocycles. The van der Waals surface area contributed by atoms with Crippen molar-refractivity contribution in [2.75, 3.05) is 20.2 Å². The molecule has 0 radical (unpaired) electrons. The predicted molar refractivity (Wildman–Crippen MR) is 78.7 cm³/mol. The van der Waals surface area contributed by atoms with Crippen LogP contribution in [0, 0.1) is 5.41 Å². The Kier molecular flexibility index (Phi) is 5.90. The Bertz CT molecular complexity index is 508. The molecular weight excluding hydrogens is 272 g/mol. The van der Waals surface area contributed by atoms with Crippen LogP contribution < -0.4 is 10.6 Å². The van der Waals surface area contributed by atoms with Gasteiger partial charge in [0.05, 0.1) is 23.9 Å². The first-order chi connectivity index (χ1) is 9.83. The Labute approximate surface area is 125 Å². The van der Waals surface area contributed by atoms with E-state index in [0.29, 0.717) is 25.3 Å². The zero-order chi connectivity index (χ0) is 16.0. The van der Waals surface area contributed by atoms with Crippen molar-refractivity contribution in [3.05, 3.63) is 17.5 Å². The molecule has 0 aromatic carbocycles. The lowest BCUT2D eigenvalue weighted by atomic mass is 9.92. The highest BCUT2D eigenvalue weighted by Gasteiger charge is 2.26. The Morgan fingerprint density at radius 1 is 1.43 bits per heavy atom. The van der Waals surface area contributed by atoms with Crippen molar-refractivity contribution in [1.29, 1.82) is 0 Å². The Morgan fingerprint density at radius 3 is 2.67 bits per heavy atom. The average molecular weight is 296 g/mol. The quantitative estimate of drug-likeness (QED) is 0.714. The van der Waals surface area contributed by atoms with Gasteiger partial charge in [0.25, 0.3) is 0 Å². The third-order valence-electron chi connectivity index (χ3n) is 3.26. The zero-order valence-electron chi connectivity index (χ0n) is 13.3. The highest BCUT2D eigenvalue weighted by Crippen LogP contribution is 2.14. The molecular formula is C14H24N4O3. The van der Waals surface area contributed by atoms with Gasteiger partial charge in [-0.2, -0.15) is 5.10 Å². The molecule has 0 atom stereocenters. The molecule has 21 heavy (non-hydrogen) atoms. The fourth-order valence-corrected chi connectivity index (χ4v) is 1.96. The van der Waals surface area contributed by atoms with Gasteiger partial charge in [0, 0.05) is 27.2 Å². The van der Waals surface area contributed by atoms with Crippen molar-refractivity contribution in [1.82, 2.24) is 20.4 Å². The lowest BCUT2D eigenvalue weighted by molar-refractivity contribution is -0.128. The molecule has 1 aromatic heterocycles. The van der Waals surface area contributed by atoms with Gasteiger partial charge in [0.15, 0.2) is 0 Å². The van der Waals surface area contributed by atoms with Gasteiger partial charge in [-0.1, -0.05) is 0 Å². The molecule has 7 heteroatoms. The van der Waals surface area contributed by atoms with E-state index < -0.39 is 5.41 Å². The summed E-state index contributed by atoms with van der Waals surface area (Å²) < 4.78 is 6.63. The van der Waals surface area contributed by atoms with E-state index in [1.807, 2.05) is 13.8 Å². The third kappa shape index (κ3) is 4.29. The summed E-state index contributed by atoms with van der Waals surface area (Å²) in [5, 5.41) is 9.91. The lowest BCUT2D eigenvalue weighted by Gasteiger charge is -2.23. The molecule has 0 aliphatic rings. The van der Waals surface area contributed by atoms with E-state index in [4.69, 9.17) is 4.74 Å². The number of amides is 1. The number of ether oxygens (including phenoxy) is 1. The standard InChI is InChI=1S/C14H24N4O3/c1-6-21-12(19)10-7-17-18(5)11(10)8-16-9-14(2,3)13(20)15-4/h7,16H,6,8-9H2,1-5H3,(H,15,20). The number of carbonyl (C=O) groups excluding carboxylic acids is 2. The van der Waals surface area contributed by atoms with E-state index in [1.54, 1.807) is 25.7 Å². The Balaban J connectivity index is 2.70. The molecule has 1 heterocycles. The molecule has 0 bridgehead atoms. The summed E-state index contributed by atoms with van der Waals surface area (Å²) in [6.45, 7) is 6.72. The van der Waals surface area contributed by atoms with Crippen molar-refractivity contribution >= 4 is 11.9 Å². The monoisotopic (exact) mass is 296 g/mol. The summed E-state index contributed by atoms with van der Waals surface area (Å²) in [6.07, 6.45) is 1.50. The second-order valence-corrected chi connectivity index (χ2v) is 5.42. The number of carbonyl (C=O) groups is 2. The number of nitrogens with zero attached hydrogens (tertiary/aromatic N) is 2. The molecule has 1 aromatic rings. The topological polar surface area (TPSA) is 85.2 Å². The minimum Gasteiger partial charge on any atom is -0.462 e. The summed E-state index contributed by atoms with van der Waals surface area (Å²) in [5.41, 5.74) is 0.656. The predicted octanol–water partition coefficient (Wildman–Crippen LogP) is 0.459. The number of aryl methyl sites for hydroxylation is 1. The highest BCUT2D eigenvalue weighted by atomic mass is 16.5. The fraction of sp³-hybridized carbons (Fsp3) is 0.643. The normalized spacial score (nSPS) is 11.3. The van der Waals surface area contributed by atoms with E-state index in [1.165, 1.54) is 6.20 Å². The maximum atomic E-state index is 11.8. The van der Waals surface area contributed by atoms with E-state index in [-0.39, 0.29) is 11.9 Å². The molecule has 0 saturated heterocycles. The maximum absolute atomic E-state index is 11.8. The van der Waals surface area contributed by atoms with Gasteiger partial charge in [0.2, 0.25) is 5.91 Å². The number of aromatic nitrogens is 2. The van der Waals surface area contributed by atoms with E-state index in [0.717, 1.165) is 5.69 Å². The van der Waals surface area contributed by atoms with Gasteiger partial charge in [-0.3, -0.25) is 9.48 Å². The molecule has 1 amide bonds. The smallest absolute Gasteiger partial charge is 0.341 e. The van der Waals surface area contributed by atoms with Gasteiger partial charge in [0.1, 0.15) is 5.56 Å². The minimum atomic E-state index is -0.530. The Morgan fingerprint density at radius 2 is 2.10 bits per heavy atom. The summed E-state index contributed by atoms with van der Waals surface area (Å²) in [7, 11) is 3.38. The number of esters is 1. The molecule has 0 fully saturated rings. The van der Waals surface area contributed by atoms with Gasteiger partial charge < -0.3 is 15.4 Å². The van der Waals surface area contributed by atoms with Crippen LogP contribution >= 0.6 is 0 Å². The van der Waals surface area contributed by atoms with Crippen LogP contribution in [0.3, 0.4) is 0 Å². The summed E-state index contributed by atoms with van der Waals surface area (Å²) in [5.74, 6) is -0.418. The van der Waals surface area contributed by atoms with Crippen LogP contribution in [0.1, 0.15) is 36.8 Å². The van der Waals surface area contributed by atoms with Crippen molar-refractivity contribution in [2.24, 2.45) is 12.5 Å². The molecule has 0 aliphatic heterocycles. The Hall–Kier alpha value is -1.89. The fourth-order valence-electron chi connectivity index (χ4n) is 1.96. The third-order valence-corrected chi connectivity index (χ3v) is 3.26. The molecule has 0 saturated carbocycles. The largest absolute Gasteiger partial charge is 0.462 e. The van der Waals surface area contributed by atoms with Crippen molar-refractivity contribution in [3.63, 3.8) is 0 Å². The molecule has 0 spiro atoms.